The topological polar surface area (TPSA) is 53.1 Å². The molecule has 1 aliphatic carbocycles. The van der Waals surface area contributed by atoms with Crippen molar-refractivity contribution in [2.45, 2.75) is 30.8 Å². The van der Waals surface area contributed by atoms with Crippen LogP contribution in [-0.4, -0.2) is 23.0 Å². The van der Waals surface area contributed by atoms with E-state index in [2.05, 4.69) is 11.3 Å². The van der Waals surface area contributed by atoms with Gasteiger partial charge in [-0.05, 0) is 19.3 Å². The summed E-state index contributed by atoms with van der Waals surface area (Å²) < 4.78 is 7.34. The first-order valence-corrected chi connectivity index (χ1v) is 5.19. The fraction of sp³-hybridized carbons (Fsp3) is 0.700. The number of nitrogens with zero attached hydrogens (tertiary/aromatic N) is 2. The van der Waals surface area contributed by atoms with E-state index in [4.69, 9.17) is 10.5 Å². The van der Waals surface area contributed by atoms with Crippen molar-refractivity contribution in [2.75, 3.05) is 13.2 Å². The van der Waals surface area contributed by atoms with Crippen LogP contribution in [0.2, 0.25) is 0 Å². The lowest BCUT2D eigenvalue weighted by atomic mass is 10.1. The van der Waals surface area contributed by atoms with E-state index < -0.39 is 0 Å². The quantitative estimate of drug-likeness (QED) is 0.755. The third kappa shape index (κ3) is 1.26. The highest BCUT2D eigenvalue weighted by molar-refractivity contribution is 5.24. The molecule has 1 saturated heterocycles. The Labute approximate surface area is 83.0 Å². The lowest BCUT2D eigenvalue weighted by molar-refractivity contribution is 0.184. The van der Waals surface area contributed by atoms with Gasteiger partial charge in [-0.1, -0.05) is 0 Å². The number of hydrogen-bond donors (Lipinski definition) is 1. The van der Waals surface area contributed by atoms with E-state index in [-0.39, 0.29) is 5.54 Å². The summed E-state index contributed by atoms with van der Waals surface area (Å²) in [6, 6.07) is 0.422. The Kier molecular flexibility index (Phi) is 1.69. The average molecular weight is 193 g/mol. The summed E-state index contributed by atoms with van der Waals surface area (Å²) in [4.78, 5) is 0. The third-order valence-electron chi connectivity index (χ3n) is 3.24. The van der Waals surface area contributed by atoms with Gasteiger partial charge in [0, 0.05) is 23.9 Å². The van der Waals surface area contributed by atoms with Gasteiger partial charge < -0.3 is 10.5 Å². The van der Waals surface area contributed by atoms with Crippen LogP contribution in [0.3, 0.4) is 0 Å². The molecular weight excluding hydrogens is 178 g/mol. The molecule has 2 N–H and O–H groups in total. The molecule has 1 aromatic rings. The number of aromatic nitrogens is 2. The number of rotatable bonds is 2. The van der Waals surface area contributed by atoms with Crippen LogP contribution in [0.25, 0.3) is 0 Å². The molecule has 2 heterocycles. The van der Waals surface area contributed by atoms with Crippen LogP contribution in [0.15, 0.2) is 12.4 Å². The number of nitrogens with two attached hydrogens (primary N) is 1. The Bertz CT molecular complexity index is 337. The molecular formula is C10H15N3O. The molecule has 3 rings (SSSR count). The Morgan fingerprint density at radius 3 is 3.07 bits per heavy atom. The lowest BCUT2D eigenvalue weighted by Gasteiger charge is -2.08. The summed E-state index contributed by atoms with van der Waals surface area (Å²) in [5.41, 5.74) is 7.22. The second-order valence-corrected chi connectivity index (χ2v) is 4.38. The maximum absolute atomic E-state index is 6.10. The number of hydrogen-bond acceptors (Lipinski definition) is 3. The summed E-state index contributed by atoms with van der Waals surface area (Å²) in [6.45, 7) is 1.65. The van der Waals surface area contributed by atoms with Crippen LogP contribution in [0.5, 0.6) is 0 Å². The van der Waals surface area contributed by atoms with E-state index in [0.717, 1.165) is 32.5 Å². The van der Waals surface area contributed by atoms with Gasteiger partial charge >= 0.3 is 0 Å². The van der Waals surface area contributed by atoms with Gasteiger partial charge in [-0.2, -0.15) is 5.10 Å². The van der Waals surface area contributed by atoms with Crippen molar-refractivity contribution in [1.29, 1.82) is 0 Å². The smallest absolute Gasteiger partial charge is 0.0774 e. The van der Waals surface area contributed by atoms with Crippen LogP contribution < -0.4 is 5.73 Å². The van der Waals surface area contributed by atoms with Crippen LogP contribution in [-0.2, 0) is 10.3 Å². The van der Waals surface area contributed by atoms with Crippen molar-refractivity contribution in [3.63, 3.8) is 0 Å². The molecule has 0 radical (unpaired) electrons. The highest BCUT2D eigenvalue weighted by Crippen LogP contribution is 2.42. The van der Waals surface area contributed by atoms with E-state index >= 15 is 0 Å². The van der Waals surface area contributed by atoms with Gasteiger partial charge in [-0.3, -0.25) is 4.68 Å². The second kappa shape index (κ2) is 2.81. The highest BCUT2D eigenvalue weighted by atomic mass is 16.5. The van der Waals surface area contributed by atoms with Crippen molar-refractivity contribution in [2.24, 2.45) is 5.73 Å². The second-order valence-electron chi connectivity index (χ2n) is 4.38. The zero-order chi connectivity index (χ0) is 9.60. The summed E-state index contributed by atoms with van der Waals surface area (Å²) in [5, 5.41) is 4.36. The van der Waals surface area contributed by atoms with Crippen molar-refractivity contribution in [1.82, 2.24) is 9.78 Å². The predicted octanol–water partition coefficient (Wildman–Crippen LogP) is 0.792. The van der Waals surface area contributed by atoms with Gasteiger partial charge in [-0.25, -0.2) is 0 Å². The zero-order valence-electron chi connectivity index (χ0n) is 8.15. The van der Waals surface area contributed by atoms with Gasteiger partial charge in [0.2, 0.25) is 0 Å². The molecule has 14 heavy (non-hydrogen) atoms. The van der Waals surface area contributed by atoms with Crippen LogP contribution in [0.4, 0.5) is 0 Å². The molecule has 1 atom stereocenters. The molecule has 4 nitrogen and oxygen atoms in total. The number of ether oxygens (including phenoxy) is 1. The average Bonchev–Trinajstić information content (AvgIpc) is 2.73. The van der Waals surface area contributed by atoms with E-state index in [9.17, 15) is 0 Å². The van der Waals surface area contributed by atoms with Crippen molar-refractivity contribution in [3.05, 3.63) is 18.0 Å². The summed E-state index contributed by atoms with van der Waals surface area (Å²) >= 11 is 0. The van der Waals surface area contributed by atoms with Crippen molar-refractivity contribution < 1.29 is 4.74 Å². The first kappa shape index (κ1) is 8.44. The standard InChI is InChI=1S/C10H15N3O/c11-10(2-3-10)8-5-12-13(6-8)9-1-4-14-7-9/h5-6,9H,1-4,7,11H2. The van der Waals surface area contributed by atoms with Crippen LogP contribution >= 0.6 is 0 Å². The Hall–Kier alpha value is -0.870. The van der Waals surface area contributed by atoms with Gasteiger partial charge in [0.1, 0.15) is 0 Å². The van der Waals surface area contributed by atoms with Gasteiger partial charge in [0.15, 0.2) is 0 Å². The molecule has 0 aromatic carbocycles. The van der Waals surface area contributed by atoms with Gasteiger partial charge in [-0.15, -0.1) is 0 Å². The minimum absolute atomic E-state index is 0.0578. The van der Waals surface area contributed by atoms with Crippen LogP contribution in [0.1, 0.15) is 30.9 Å². The molecule has 2 aliphatic rings. The SMILES string of the molecule is NC1(c2cnn(C3CCOC3)c2)CC1. The van der Waals surface area contributed by atoms with Crippen LogP contribution in [0, 0.1) is 0 Å². The largest absolute Gasteiger partial charge is 0.379 e. The minimum Gasteiger partial charge on any atom is -0.379 e. The monoisotopic (exact) mass is 193 g/mol. The molecule has 0 amide bonds. The summed E-state index contributed by atoms with van der Waals surface area (Å²) in [5.74, 6) is 0. The zero-order valence-corrected chi connectivity index (χ0v) is 8.15. The van der Waals surface area contributed by atoms with E-state index in [1.165, 1.54) is 5.56 Å². The molecule has 76 valence electrons. The highest BCUT2D eigenvalue weighted by Gasteiger charge is 2.41. The molecule has 1 aliphatic heterocycles. The van der Waals surface area contributed by atoms with Crippen molar-refractivity contribution >= 4 is 0 Å². The third-order valence-corrected chi connectivity index (χ3v) is 3.24. The van der Waals surface area contributed by atoms with E-state index in [1.807, 2.05) is 10.9 Å². The first-order chi connectivity index (χ1) is 6.78. The lowest BCUT2D eigenvalue weighted by Crippen LogP contribution is -2.18. The van der Waals surface area contributed by atoms with Gasteiger partial charge in [0.25, 0.3) is 0 Å². The van der Waals surface area contributed by atoms with Gasteiger partial charge in [0.05, 0.1) is 18.8 Å². The minimum atomic E-state index is -0.0578. The molecule has 4 heteroatoms. The van der Waals surface area contributed by atoms with E-state index in [0.29, 0.717) is 6.04 Å². The van der Waals surface area contributed by atoms with Crippen molar-refractivity contribution in [3.8, 4) is 0 Å². The predicted molar refractivity (Wildman–Crippen MR) is 51.8 cm³/mol. The summed E-state index contributed by atoms with van der Waals surface area (Å²) in [6.07, 6.45) is 7.26. The fourth-order valence-electron chi connectivity index (χ4n) is 1.95. The Balaban J connectivity index is 1.82. The maximum Gasteiger partial charge on any atom is 0.0774 e. The van der Waals surface area contributed by atoms with E-state index in [1.54, 1.807) is 0 Å². The molecule has 1 saturated carbocycles. The Morgan fingerprint density at radius 1 is 1.57 bits per heavy atom. The fourth-order valence-corrected chi connectivity index (χ4v) is 1.95. The first-order valence-electron chi connectivity index (χ1n) is 5.19. The molecule has 0 spiro atoms. The maximum atomic E-state index is 6.10. The normalized spacial score (nSPS) is 29.4. The molecule has 2 fully saturated rings. The molecule has 1 unspecified atom stereocenters. The molecule has 1 aromatic heterocycles. The summed E-state index contributed by atoms with van der Waals surface area (Å²) in [7, 11) is 0. The molecule has 0 bridgehead atoms. The Morgan fingerprint density at radius 2 is 2.43 bits per heavy atom.